The number of benzene rings is 1. The highest BCUT2D eigenvalue weighted by Crippen LogP contribution is 2.34. The zero-order chi connectivity index (χ0) is 15.4. The van der Waals surface area contributed by atoms with Crippen LogP contribution in [-0.4, -0.2) is 16.6 Å². The van der Waals surface area contributed by atoms with Crippen molar-refractivity contribution >= 4 is 23.4 Å². The van der Waals surface area contributed by atoms with E-state index in [1.807, 2.05) is 6.92 Å². The van der Waals surface area contributed by atoms with E-state index in [1.54, 1.807) is 12.1 Å². The third-order valence-electron chi connectivity index (χ3n) is 2.60. The second-order valence-corrected chi connectivity index (χ2v) is 5.52. The molecule has 0 aliphatic carbocycles. The predicted octanol–water partition coefficient (Wildman–Crippen LogP) is 3.10. The fourth-order valence-corrected chi connectivity index (χ4v) is 2.59. The number of anilines is 2. The van der Waals surface area contributed by atoms with Crippen molar-refractivity contribution in [1.29, 1.82) is 0 Å². The van der Waals surface area contributed by atoms with Crippen LogP contribution in [0.5, 0.6) is 5.75 Å². The maximum Gasteiger partial charge on any atom is 0.387 e. The lowest BCUT2D eigenvalue weighted by Crippen LogP contribution is -2.02. The molecule has 5 nitrogen and oxygen atoms in total. The first-order valence-electron chi connectivity index (χ1n) is 6.05. The molecule has 21 heavy (non-hydrogen) atoms. The molecule has 1 heterocycles. The molecule has 0 saturated heterocycles. The monoisotopic (exact) mass is 312 g/mol. The van der Waals surface area contributed by atoms with Gasteiger partial charge in [0, 0.05) is 11.3 Å². The minimum Gasteiger partial charge on any atom is -0.435 e. The summed E-state index contributed by atoms with van der Waals surface area (Å²) >= 11 is 1.37. The number of nitrogens with two attached hydrogens (primary N) is 2. The number of nitrogens with zero attached hydrogens (tertiary/aromatic N) is 2. The molecule has 1 unspecified atom stereocenters. The normalized spacial score (nSPS) is 12.4. The largest absolute Gasteiger partial charge is 0.435 e. The number of aromatic nitrogens is 2. The molecule has 0 bridgehead atoms. The van der Waals surface area contributed by atoms with Gasteiger partial charge in [-0.15, -0.1) is 0 Å². The second kappa shape index (κ2) is 6.57. The molecule has 0 saturated carbocycles. The third kappa shape index (κ3) is 4.45. The Morgan fingerprint density at radius 1 is 1.10 bits per heavy atom. The van der Waals surface area contributed by atoms with Crippen molar-refractivity contribution in [3.63, 3.8) is 0 Å². The van der Waals surface area contributed by atoms with Gasteiger partial charge in [0.1, 0.15) is 17.4 Å². The first kappa shape index (κ1) is 15.3. The standard InChI is InChI=1S/C13H14F2N4OS/c1-7(21-13-18-10(16)6-11(17)19-13)8-2-4-9(5-3-8)20-12(14)15/h2-7,12H,1H3,(H4,16,17,18,19). The Balaban J connectivity index is 2.07. The molecule has 112 valence electrons. The lowest BCUT2D eigenvalue weighted by molar-refractivity contribution is -0.0498. The summed E-state index contributed by atoms with van der Waals surface area (Å²) in [6, 6.07) is 7.89. The van der Waals surface area contributed by atoms with Gasteiger partial charge in [0.15, 0.2) is 5.16 Å². The summed E-state index contributed by atoms with van der Waals surface area (Å²) < 4.78 is 28.5. The molecule has 1 atom stereocenters. The summed E-state index contributed by atoms with van der Waals surface area (Å²) in [6.45, 7) is -0.887. The van der Waals surface area contributed by atoms with Crippen LogP contribution in [-0.2, 0) is 0 Å². The van der Waals surface area contributed by atoms with Gasteiger partial charge in [-0.3, -0.25) is 0 Å². The molecule has 0 fully saturated rings. The summed E-state index contributed by atoms with van der Waals surface area (Å²) in [5.41, 5.74) is 12.1. The summed E-state index contributed by atoms with van der Waals surface area (Å²) in [5, 5.41) is 0.472. The number of hydrogen-bond acceptors (Lipinski definition) is 6. The topological polar surface area (TPSA) is 87.0 Å². The maximum absolute atomic E-state index is 12.1. The van der Waals surface area contributed by atoms with Gasteiger partial charge in [-0.05, 0) is 24.6 Å². The van der Waals surface area contributed by atoms with Crippen molar-refractivity contribution in [2.75, 3.05) is 11.5 Å². The van der Waals surface area contributed by atoms with Gasteiger partial charge in [0.25, 0.3) is 0 Å². The van der Waals surface area contributed by atoms with Crippen LogP contribution < -0.4 is 16.2 Å². The summed E-state index contributed by atoms with van der Waals surface area (Å²) in [4.78, 5) is 8.16. The van der Waals surface area contributed by atoms with E-state index in [0.29, 0.717) is 16.8 Å². The molecule has 2 aromatic rings. The Kier molecular flexibility index (Phi) is 4.79. The second-order valence-electron chi connectivity index (χ2n) is 4.21. The number of nitrogen functional groups attached to an aromatic ring is 2. The highest BCUT2D eigenvalue weighted by atomic mass is 32.2. The predicted molar refractivity (Wildman–Crippen MR) is 78.2 cm³/mol. The number of halogens is 2. The van der Waals surface area contributed by atoms with Crippen LogP contribution in [0.2, 0.25) is 0 Å². The molecule has 0 amide bonds. The van der Waals surface area contributed by atoms with E-state index in [2.05, 4.69) is 14.7 Å². The SMILES string of the molecule is CC(Sc1nc(N)cc(N)n1)c1ccc(OC(F)F)cc1. The Morgan fingerprint density at radius 3 is 2.19 bits per heavy atom. The van der Waals surface area contributed by atoms with Gasteiger partial charge >= 0.3 is 6.61 Å². The lowest BCUT2D eigenvalue weighted by atomic mass is 10.2. The molecule has 1 aromatic heterocycles. The van der Waals surface area contributed by atoms with Gasteiger partial charge in [-0.1, -0.05) is 23.9 Å². The number of ether oxygens (including phenoxy) is 1. The fourth-order valence-electron chi connectivity index (χ4n) is 1.66. The summed E-state index contributed by atoms with van der Waals surface area (Å²) in [5.74, 6) is 0.728. The van der Waals surface area contributed by atoms with Gasteiger partial charge in [0.05, 0.1) is 0 Å². The Bertz CT molecular complexity index is 589. The van der Waals surface area contributed by atoms with Gasteiger partial charge in [-0.25, -0.2) is 9.97 Å². The first-order valence-corrected chi connectivity index (χ1v) is 6.93. The van der Waals surface area contributed by atoms with Gasteiger partial charge in [-0.2, -0.15) is 8.78 Å². The molecule has 0 aliphatic heterocycles. The van der Waals surface area contributed by atoms with Crippen LogP contribution >= 0.6 is 11.8 Å². The summed E-state index contributed by atoms with van der Waals surface area (Å²) in [7, 11) is 0. The average molecular weight is 312 g/mol. The van der Waals surface area contributed by atoms with Crippen LogP contribution in [0.4, 0.5) is 20.4 Å². The Morgan fingerprint density at radius 2 is 1.67 bits per heavy atom. The van der Waals surface area contributed by atoms with E-state index >= 15 is 0 Å². The molecular formula is C13H14F2N4OS. The molecule has 8 heteroatoms. The summed E-state index contributed by atoms with van der Waals surface area (Å²) in [6.07, 6.45) is 0. The van der Waals surface area contributed by atoms with Crippen molar-refractivity contribution in [3.8, 4) is 5.75 Å². The Hall–Kier alpha value is -2.09. The number of alkyl halides is 2. The highest BCUT2D eigenvalue weighted by Gasteiger charge is 2.11. The smallest absolute Gasteiger partial charge is 0.387 e. The molecule has 1 aromatic carbocycles. The van der Waals surface area contributed by atoms with Crippen molar-refractivity contribution in [3.05, 3.63) is 35.9 Å². The Labute approximate surface area is 124 Å². The van der Waals surface area contributed by atoms with E-state index in [0.717, 1.165) is 5.56 Å². The van der Waals surface area contributed by atoms with E-state index in [9.17, 15) is 8.78 Å². The van der Waals surface area contributed by atoms with Crippen LogP contribution in [0, 0.1) is 0 Å². The van der Waals surface area contributed by atoms with Crippen molar-refractivity contribution in [2.24, 2.45) is 0 Å². The van der Waals surface area contributed by atoms with Gasteiger partial charge in [0.2, 0.25) is 0 Å². The zero-order valence-electron chi connectivity index (χ0n) is 11.2. The lowest BCUT2D eigenvalue weighted by Gasteiger charge is -2.12. The third-order valence-corrected chi connectivity index (χ3v) is 3.62. The first-order chi connectivity index (χ1) is 9.94. The van der Waals surface area contributed by atoms with Gasteiger partial charge < -0.3 is 16.2 Å². The molecule has 0 spiro atoms. The number of thioether (sulfide) groups is 1. The van der Waals surface area contributed by atoms with E-state index in [4.69, 9.17) is 11.5 Å². The molecule has 0 aliphatic rings. The van der Waals surface area contributed by atoms with E-state index in [-0.39, 0.29) is 11.0 Å². The molecular weight excluding hydrogens is 298 g/mol. The van der Waals surface area contributed by atoms with Crippen molar-refractivity contribution < 1.29 is 13.5 Å². The quantitative estimate of drug-likeness (QED) is 0.651. The minimum absolute atomic E-state index is 0.00630. The van der Waals surface area contributed by atoms with Crippen molar-refractivity contribution in [1.82, 2.24) is 9.97 Å². The van der Waals surface area contributed by atoms with Crippen molar-refractivity contribution in [2.45, 2.75) is 23.9 Å². The molecule has 2 rings (SSSR count). The van der Waals surface area contributed by atoms with Crippen LogP contribution in [0.1, 0.15) is 17.7 Å². The highest BCUT2D eigenvalue weighted by molar-refractivity contribution is 7.99. The minimum atomic E-state index is -2.83. The number of hydrogen-bond donors (Lipinski definition) is 2. The van der Waals surface area contributed by atoms with E-state index in [1.165, 1.54) is 30.0 Å². The maximum atomic E-state index is 12.1. The molecule has 4 N–H and O–H groups in total. The fraction of sp³-hybridized carbons (Fsp3) is 0.231. The average Bonchev–Trinajstić information content (AvgIpc) is 2.37. The number of rotatable bonds is 5. The van der Waals surface area contributed by atoms with Crippen LogP contribution in [0.25, 0.3) is 0 Å². The zero-order valence-corrected chi connectivity index (χ0v) is 12.0. The molecule has 0 radical (unpaired) electrons. The van der Waals surface area contributed by atoms with Crippen LogP contribution in [0.3, 0.4) is 0 Å². The van der Waals surface area contributed by atoms with Crippen LogP contribution in [0.15, 0.2) is 35.5 Å². The van der Waals surface area contributed by atoms with E-state index < -0.39 is 6.61 Å².